The molecule has 2 aliphatic rings. The number of allylic oxidation sites excluding steroid dienone is 4. The minimum Gasteiger partial charge on any atom is -0.657 e. The fourth-order valence-electron chi connectivity index (χ4n) is 6.26. The van der Waals surface area contributed by atoms with E-state index < -0.39 is 23.9 Å². The van der Waals surface area contributed by atoms with Crippen molar-refractivity contribution in [1.29, 1.82) is 0 Å². The van der Waals surface area contributed by atoms with Crippen LogP contribution in [0.3, 0.4) is 0 Å². The molecule has 13 heteroatoms. The Bertz CT molecular complexity index is 2100. The van der Waals surface area contributed by atoms with Gasteiger partial charge in [0.2, 0.25) is 0 Å². The van der Waals surface area contributed by atoms with Crippen molar-refractivity contribution >= 4 is 68.2 Å². The van der Waals surface area contributed by atoms with E-state index in [2.05, 4.69) is 0 Å². The van der Waals surface area contributed by atoms with Gasteiger partial charge in [0.15, 0.2) is 0 Å². The first kappa shape index (κ1) is 36.8. The van der Waals surface area contributed by atoms with E-state index in [4.69, 9.17) is 19.9 Å². The summed E-state index contributed by atoms with van der Waals surface area (Å²) in [5.41, 5.74) is 10.3. The van der Waals surface area contributed by atoms with Crippen LogP contribution in [0.25, 0.3) is 44.4 Å². The molecule has 4 N–H and O–H groups in total. The third-order valence-electron chi connectivity index (χ3n) is 9.00. The summed E-state index contributed by atoms with van der Waals surface area (Å²) in [6.07, 6.45) is 0.367. The summed E-state index contributed by atoms with van der Waals surface area (Å²) < 4.78 is 0. The van der Waals surface area contributed by atoms with Crippen molar-refractivity contribution in [3.63, 3.8) is 0 Å². The van der Waals surface area contributed by atoms with Gasteiger partial charge < -0.3 is 30.4 Å². The predicted octanol–water partition coefficient (Wildman–Crippen LogP) is 5.81. The number of fused-ring (bicyclic) bond motifs is 8. The van der Waals surface area contributed by atoms with E-state index in [1.165, 1.54) is 0 Å². The minimum atomic E-state index is -0.962. The maximum atomic E-state index is 11.6. The molecule has 12 nitrogen and oxygen atoms in total. The monoisotopic (exact) mass is 708 g/mol. The van der Waals surface area contributed by atoms with Crippen LogP contribution in [0, 0.1) is 13.8 Å². The maximum Gasteiger partial charge on any atom is 0.303 e. The van der Waals surface area contributed by atoms with Gasteiger partial charge in [-0.3, -0.25) is 19.2 Å². The second kappa shape index (κ2) is 15.0. The van der Waals surface area contributed by atoms with Crippen LogP contribution in [-0.2, 0) is 49.1 Å². The third kappa shape index (κ3) is 8.01. The molecule has 0 saturated carbocycles. The molecular formula is C36H36FeN4O8-2. The summed E-state index contributed by atoms with van der Waals surface area (Å²) in [5.74, 6) is -3.83. The number of aryl methyl sites for hydroxylation is 4. The van der Waals surface area contributed by atoms with E-state index in [-0.39, 0.29) is 68.4 Å². The van der Waals surface area contributed by atoms with Crippen molar-refractivity contribution in [3.05, 3.63) is 69.3 Å². The molecule has 3 aromatic rings. The first-order valence-corrected chi connectivity index (χ1v) is 15.6. The van der Waals surface area contributed by atoms with Crippen molar-refractivity contribution in [3.8, 4) is 0 Å². The van der Waals surface area contributed by atoms with Crippen LogP contribution >= 0.6 is 0 Å². The first-order valence-electron chi connectivity index (χ1n) is 15.6. The molecule has 0 atom stereocenters. The summed E-state index contributed by atoms with van der Waals surface area (Å²) in [5, 5.41) is 37.9. The molecule has 0 aromatic carbocycles. The number of carboxylic acids is 4. The summed E-state index contributed by atoms with van der Waals surface area (Å²) in [7, 11) is 0. The van der Waals surface area contributed by atoms with Crippen LogP contribution in [-0.4, -0.2) is 54.3 Å². The Morgan fingerprint density at radius 2 is 0.816 bits per heavy atom. The number of carbonyl (C=O) groups is 4. The van der Waals surface area contributed by atoms with Gasteiger partial charge >= 0.3 is 23.9 Å². The smallest absolute Gasteiger partial charge is 0.303 e. The van der Waals surface area contributed by atoms with Crippen molar-refractivity contribution in [2.45, 2.75) is 79.1 Å². The van der Waals surface area contributed by atoms with Crippen LogP contribution in [0.2, 0.25) is 0 Å². The van der Waals surface area contributed by atoms with Gasteiger partial charge in [-0.25, -0.2) is 9.97 Å². The van der Waals surface area contributed by atoms with Crippen LogP contribution in [0.5, 0.6) is 0 Å². The molecule has 2 aliphatic heterocycles. The molecule has 5 heterocycles. The molecule has 0 unspecified atom stereocenters. The SMILES string of the molecule is CC1=C(CCC(=O)O)c2cc3[n-]c(cc4nc(cc5[n-]c(cc1n2)c(CCC(=O)O)c5C)C(C)=C4CCC(=O)O)c(CCC(=O)O)c3C.[Fe]. The van der Waals surface area contributed by atoms with Crippen LogP contribution in [0.4, 0.5) is 0 Å². The summed E-state index contributed by atoms with van der Waals surface area (Å²) in [6.45, 7) is 7.44. The second-order valence-corrected chi connectivity index (χ2v) is 12.1. The minimum absolute atomic E-state index is 0. The molecule has 49 heavy (non-hydrogen) atoms. The van der Waals surface area contributed by atoms with Gasteiger partial charge in [-0.2, -0.15) is 0 Å². The standard InChI is InChI=1S/C36H38N4O8.Fe/c1-17-21(5-9-33(41)42)29-14-27-19(3)22(6-10-34(43)44)30(39-27)15-28-20(4)24(8-12-36(47)48)32(40-28)16-31-23(7-11-35(45)46)18(2)26(38-31)13-25(17)37-29;/h13-16H,5-12H2,1-4H3,(H6,37,38,39,40,41,42,43,44,45,46,47,48);/p-2. The number of hydrogen-bond acceptors (Lipinski definition) is 6. The molecule has 3 aromatic heterocycles. The van der Waals surface area contributed by atoms with Gasteiger partial charge in [-0.15, -0.1) is 22.1 Å². The Morgan fingerprint density at radius 3 is 1.18 bits per heavy atom. The quantitative estimate of drug-likeness (QED) is 0.165. The van der Waals surface area contributed by atoms with Crippen LogP contribution in [0.1, 0.15) is 97.4 Å². The Hall–Kier alpha value is -5.00. The summed E-state index contributed by atoms with van der Waals surface area (Å²) in [6, 6.07) is 7.14. The van der Waals surface area contributed by atoms with Crippen LogP contribution in [0.15, 0.2) is 24.3 Å². The first-order chi connectivity index (χ1) is 22.7. The van der Waals surface area contributed by atoms with Gasteiger partial charge in [0.1, 0.15) is 0 Å². The molecule has 0 aliphatic carbocycles. The number of hydrogen-bond donors (Lipinski definition) is 4. The van der Waals surface area contributed by atoms with Crippen LogP contribution < -0.4 is 9.97 Å². The fraction of sp³-hybridized carbons (Fsp3) is 0.333. The zero-order chi connectivity index (χ0) is 34.9. The van der Waals surface area contributed by atoms with Gasteiger partial charge in [-0.05, 0) is 75.7 Å². The average Bonchev–Trinajstić information content (AvgIpc) is 3.66. The molecule has 8 bridgehead atoms. The number of rotatable bonds is 12. The summed E-state index contributed by atoms with van der Waals surface area (Å²) >= 11 is 0. The molecular weight excluding hydrogens is 672 g/mol. The molecule has 0 spiro atoms. The molecule has 0 saturated heterocycles. The van der Waals surface area contributed by atoms with Gasteiger partial charge in [0, 0.05) is 42.8 Å². The number of nitrogens with zero attached hydrogens (tertiary/aromatic N) is 4. The molecule has 258 valence electrons. The predicted molar refractivity (Wildman–Crippen MR) is 179 cm³/mol. The van der Waals surface area contributed by atoms with E-state index in [0.29, 0.717) is 50.4 Å². The maximum absolute atomic E-state index is 11.6. The van der Waals surface area contributed by atoms with Crippen molar-refractivity contribution in [1.82, 2.24) is 19.9 Å². The number of aromatic nitrogens is 4. The normalized spacial score (nSPS) is 12.7. The Labute approximate surface area is 292 Å². The number of aliphatic carboxylic acids is 4. The zero-order valence-electron chi connectivity index (χ0n) is 27.5. The largest absolute Gasteiger partial charge is 0.657 e. The zero-order valence-corrected chi connectivity index (χ0v) is 28.6. The molecule has 5 rings (SSSR count). The van der Waals surface area contributed by atoms with E-state index in [1.807, 2.05) is 33.8 Å². The molecule has 0 amide bonds. The average molecular weight is 709 g/mol. The fourth-order valence-corrected chi connectivity index (χ4v) is 6.26. The van der Waals surface area contributed by atoms with Crippen molar-refractivity contribution in [2.24, 2.45) is 0 Å². The van der Waals surface area contributed by atoms with E-state index in [9.17, 15) is 39.6 Å². The summed E-state index contributed by atoms with van der Waals surface area (Å²) in [4.78, 5) is 65.9. The number of carboxylic acid groups (broad SMARTS) is 4. The van der Waals surface area contributed by atoms with E-state index in [1.54, 1.807) is 18.2 Å². The van der Waals surface area contributed by atoms with Gasteiger partial charge in [0.05, 0.1) is 22.8 Å². The molecule has 0 fully saturated rings. The Kier molecular flexibility index (Phi) is 11.3. The van der Waals surface area contributed by atoms with E-state index >= 15 is 0 Å². The third-order valence-corrected chi connectivity index (χ3v) is 9.00. The van der Waals surface area contributed by atoms with Crippen molar-refractivity contribution in [2.75, 3.05) is 0 Å². The second-order valence-electron chi connectivity index (χ2n) is 12.1. The molecule has 0 radical (unpaired) electrons. The van der Waals surface area contributed by atoms with E-state index in [0.717, 1.165) is 39.0 Å². The Balaban J connectivity index is 0.00000541. The van der Waals surface area contributed by atoms with Gasteiger partial charge in [-0.1, -0.05) is 46.5 Å². The Morgan fingerprint density at radius 1 is 0.510 bits per heavy atom. The topological polar surface area (TPSA) is 203 Å². The van der Waals surface area contributed by atoms with Gasteiger partial charge in [0.25, 0.3) is 0 Å². The van der Waals surface area contributed by atoms with Crippen molar-refractivity contribution < 1.29 is 56.7 Å².